The fraction of sp³-hybridized carbons (Fsp3) is 0.625. The van der Waals surface area contributed by atoms with Crippen molar-refractivity contribution in [2.24, 2.45) is 0 Å². The van der Waals surface area contributed by atoms with Gasteiger partial charge in [-0.3, -0.25) is 0 Å². The Morgan fingerprint density at radius 2 is 1.52 bits per heavy atom. The van der Waals surface area contributed by atoms with Crippen LogP contribution in [0.3, 0.4) is 0 Å². The first-order chi connectivity index (χ1) is 11.7. The summed E-state index contributed by atoms with van der Waals surface area (Å²) in [5, 5.41) is 3.23. The van der Waals surface area contributed by atoms with Crippen molar-refractivity contribution in [1.82, 2.24) is 13.9 Å². The highest BCUT2D eigenvalue weighted by Gasteiger charge is 2.35. The quantitative estimate of drug-likeness (QED) is 0.754. The number of hydrogen-bond donors (Lipinski definition) is 1. The van der Waals surface area contributed by atoms with E-state index in [1.54, 1.807) is 12.1 Å². The largest absolute Gasteiger partial charge is 0.317 e. The lowest BCUT2D eigenvalue weighted by molar-refractivity contribution is 0.262. The van der Waals surface area contributed by atoms with Gasteiger partial charge in [0.1, 0.15) is 9.79 Å². The molecule has 0 bridgehead atoms. The van der Waals surface area contributed by atoms with Gasteiger partial charge in [-0.2, -0.15) is 4.31 Å². The molecule has 0 atom stereocenters. The van der Waals surface area contributed by atoms with Gasteiger partial charge in [0.25, 0.3) is 0 Å². The summed E-state index contributed by atoms with van der Waals surface area (Å²) in [6.45, 7) is 3.82. The van der Waals surface area contributed by atoms with E-state index in [0.717, 1.165) is 30.2 Å². The van der Waals surface area contributed by atoms with Gasteiger partial charge in [0.2, 0.25) is 20.0 Å². The molecular weight excluding hydrogens is 362 g/mol. The van der Waals surface area contributed by atoms with Crippen molar-refractivity contribution in [1.29, 1.82) is 0 Å². The van der Waals surface area contributed by atoms with Gasteiger partial charge in [-0.05, 0) is 44.5 Å². The first kappa shape index (κ1) is 20.3. The summed E-state index contributed by atoms with van der Waals surface area (Å²) in [6.07, 6.45) is 2.12. The Morgan fingerprint density at radius 1 is 1.00 bits per heavy atom. The third-order valence-electron chi connectivity index (χ3n) is 4.35. The van der Waals surface area contributed by atoms with Gasteiger partial charge in [0, 0.05) is 26.7 Å². The van der Waals surface area contributed by atoms with Crippen LogP contribution in [0.25, 0.3) is 0 Å². The van der Waals surface area contributed by atoms with Crippen LogP contribution in [0, 0.1) is 0 Å². The Balaban J connectivity index is 2.54. The van der Waals surface area contributed by atoms with E-state index >= 15 is 0 Å². The second kappa shape index (κ2) is 8.13. The fourth-order valence-corrected chi connectivity index (χ4v) is 6.46. The van der Waals surface area contributed by atoms with Gasteiger partial charge in [-0.25, -0.2) is 21.1 Å². The van der Waals surface area contributed by atoms with Crippen LogP contribution in [0.2, 0.25) is 0 Å². The average molecular weight is 390 g/mol. The number of piperidine rings is 1. The molecule has 1 fully saturated rings. The molecule has 1 saturated heterocycles. The fourth-order valence-electron chi connectivity index (χ4n) is 3.01. The molecule has 1 heterocycles. The zero-order valence-electron chi connectivity index (χ0n) is 15.0. The number of nitrogens with one attached hydrogen (secondary N) is 1. The van der Waals surface area contributed by atoms with Crippen molar-refractivity contribution < 1.29 is 16.8 Å². The highest BCUT2D eigenvalue weighted by atomic mass is 32.2. The molecule has 9 heteroatoms. The summed E-state index contributed by atoms with van der Waals surface area (Å²) in [4.78, 5) is -0.314. The molecule has 0 amide bonds. The van der Waals surface area contributed by atoms with Crippen LogP contribution >= 0.6 is 0 Å². The van der Waals surface area contributed by atoms with Crippen LogP contribution in [0.4, 0.5) is 0 Å². The normalized spacial score (nSPS) is 17.3. The minimum Gasteiger partial charge on any atom is -0.317 e. The summed E-state index contributed by atoms with van der Waals surface area (Å²) >= 11 is 0. The molecule has 0 saturated carbocycles. The van der Waals surface area contributed by atoms with Gasteiger partial charge in [-0.1, -0.05) is 19.1 Å². The van der Waals surface area contributed by atoms with E-state index in [2.05, 4.69) is 5.32 Å². The highest BCUT2D eigenvalue weighted by Crippen LogP contribution is 2.29. The zero-order chi connectivity index (χ0) is 18.7. The van der Waals surface area contributed by atoms with Crippen molar-refractivity contribution in [3.63, 3.8) is 0 Å². The van der Waals surface area contributed by atoms with Crippen LogP contribution in [-0.4, -0.2) is 65.2 Å². The molecule has 0 aliphatic carbocycles. The molecule has 1 aromatic carbocycles. The first-order valence-electron chi connectivity index (χ1n) is 8.47. The van der Waals surface area contributed by atoms with E-state index in [-0.39, 0.29) is 15.8 Å². The molecule has 1 aromatic rings. The predicted octanol–water partition coefficient (Wildman–Crippen LogP) is 1.09. The molecule has 1 aliphatic heterocycles. The third-order valence-corrected chi connectivity index (χ3v) is 8.37. The van der Waals surface area contributed by atoms with Crippen LogP contribution in [0.5, 0.6) is 0 Å². The second-order valence-corrected chi connectivity index (χ2v) is 10.3. The van der Waals surface area contributed by atoms with Gasteiger partial charge < -0.3 is 5.32 Å². The first-order valence-corrected chi connectivity index (χ1v) is 11.3. The van der Waals surface area contributed by atoms with E-state index in [0.29, 0.717) is 13.0 Å². The molecule has 0 aromatic heterocycles. The Hall–Kier alpha value is -1.00. The number of sulfonamides is 2. The number of nitrogens with zero attached hydrogens (tertiary/aromatic N) is 2. The van der Waals surface area contributed by atoms with Crippen molar-refractivity contribution in [3.8, 4) is 0 Å². The lowest BCUT2D eigenvalue weighted by atomic mass is 10.1. The van der Waals surface area contributed by atoms with E-state index in [1.165, 1.54) is 30.5 Å². The van der Waals surface area contributed by atoms with Crippen LogP contribution in [0.15, 0.2) is 34.1 Å². The van der Waals surface area contributed by atoms with E-state index < -0.39 is 20.0 Å². The van der Waals surface area contributed by atoms with Gasteiger partial charge >= 0.3 is 0 Å². The molecule has 7 nitrogen and oxygen atoms in total. The Kier molecular flexibility index (Phi) is 6.61. The lowest BCUT2D eigenvalue weighted by Crippen LogP contribution is -2.46. The number of benzene rings is 1. The Morgan fingerprint density at radius 3 is 2.00 bits per heavy atom. The third kappa shape index (κ3) is 4.22. The van der Waals surface area contributed by atoms with Gasteiger partial charge in [0.05, 0.1) is 0 Å². The summed E-state index contributed by atoms with van der Waals surface area (Å²) in [6, 6.07) is 5.74. The van der Waals surface area contributed by atoms with E-state index in [4.69, 9.17) is 0 Å². The van der Waals surface area contributed by atoms with E-state index in [9.17, 15) is 16.8 Å². The standard InChI is InChI=1S/C16H27N3O4S2/c1-4-13-19(14-9-11-17-12-10-14)25(22,23)16-8-6-5-7-15(16)24(20,21)18(2)3/h5-8,14,17H,4,9-13H2,1-3H3. The molecule has 0 spiro atoms. The van der Waals surface area contributed by atoms with Crippen LogP contribution in [-0.2, 0) is 20.0 Å². The monoisotopic (exact) mass is 389 g/mol. The molecule has 0 radical (unpaired) electrons. The molecule has 1 aliphatic rings. The maximum Gasteiger partial charge on any atom is 0.244 e. The summed E-state index contributed by atoms with van der Waals surface area (Å²) in [7, 11) is -4.97. The Bertz CT molecular complexity index is 785. The summed E-state index contributed by atoms with van der Waals surface area (Å²) < 4.78 is 54.4. The smallest absolute Gasteiger partial charge is 0.244 e. The topological polar surface area (TPSA) is 86.8 Å². The van der Waals surface area contributed by atoms with Crippen molar-refractivity contribution in [3.05, 3.63) is 24.3 Å². The van der Waals surface area contributed by atoms with Crippen LogP contribution in [0.1, 0.15) is 26.2 Å². The minimum absolute atomic E-state index is 0.110. The molecular formula is C16H27N3O4S2. The highest BCUT2D eigenvalue weighted by molar-refractivity contribution is 7.92. The number of hydrogen-bond acceptors (Lipinski definition) is 5. The molecule has 25 heavy (non-hydrogen) atoms. The molecule has 142 valence electrons. The van der Waals surface area contributed by atoms with E-state index in [1.807, 2.05) is 6.92 Å². The molecule has 0 unspecified atom stereocenters. The summed E-state index contributed by atoms with van der Waals surface area (Å²) in [5.41, 5.74) is 0. The molecule has 1 N–H and O–H groups in total. The Labute approximate surface area is 151 Å². The van der Waals surface area contributed by atoms with Crippen molar-refractivity contribution >= 4 is 20.0 Å². The van der Waals surface area contributed by atoms with Crippen molar-refractivity contribution in [2.45, 2.75) is 42.0 Å². The lowest BCUT2D eigenvalue weighted by Gasteiger charge is -2.34. The molecule has 2 rings (SSSR count). The maximum atomic E-state index is 13.3. The minimum atomic E-state index is -3.91. The second-order valence-electron chi connectivity index (χ2n) is 6.33. The SMILES string of the molecule is CCCN(C1CCNCC1)S(=O)(=O)c1ccccc1S(=O)(=O)N(C)C. The predicted molar refractivity (Wildman–Crippen MR) is 97.4 cm³/mol. The summed E-state index contributed by atoms with van der Waals surface area (Å²) in [5.74, 6) is 0. The van der Waals surface area contributed by atoms with Gasteiger partial charge in [-0.15, -0.1) is 0 Å². The van der Waals surface area contributed by atoms with Crippen molar-refractivity contribution in [2.75, 3.05) is 33.7 Å². The van der Waals surface area contributed by atoms with Gasteiger partial charge in [0.15, 0.2) is 0 Å². The maximum absolute atomic E-state index is 13.3. The number of rotatable bonds is 7. The average Bonchev–Trinajstić information content (AvgIpc) is 2.60. The van der Waals surface area contributed by atoms with Crippen LogP contribution < -0.4 is 5.32 Å². The zero-order valence-corrected chi connectivity index (χ0v) is 16.6.